The average Bonchev–Trinajstić information content (AvgIpc) is 2.77. The van der Waals surface area contributed by atoms with Crippen molar-refractivity contribution in [2.45, 2.75) is 19.4 Å². The van der Waals surface area contributed by atoms with E-state index in [4.69, 9.17) is 18.9 Å². The Morgan fingerprint density at radius 2 is 1.65 bits per heavy atom. The molecule has 0 fully saturated rings. The van der Waals surface area contributed by atoms with Gasteiger partial charge in [-0.15, -0.1) is 24.0 Å². The van der Waals surface area contributed by atoms with Crippen LogP contribution in [0.25, 0.3) is 0 Å². The van der Waals surface area contributed by atoms with Crippen molar-refractivity contribution in [1.29, 1.82) is 0 Å². The lowest BCUT2D eigenvalue weighted by Gasteiger charge is -2.19. The lowest BCUT2D eigenvalue weighted by Crippen LogP contribution is -2.42. The first-order valence-corrected chi connectivity index (χ1v) is 9.67. The van der Waals surface area contributed by atoms with Crippen molar-refractivity contribution in [3.05, 3.63) is 47.8 Å². The predicted octanol–water partition coefficient (Wildman–Crippen LogP) is 3.64. The zero-order chi connectivity index (χ0) is 21.9. The largest absolute Gasteiger partial charge is 0.496 e. The van der Waals surface area contributed by atoms with E-state index < -0.39 is 0 Å². The maximum absolute atomic E-state index is 13.7. The van der Waals surface area contributed by atoms with Crippen molar-refractivity contribution < 1.29 is 23.3 Å². The van der Waals surface area contributed by atoms with Crippen molar-refractivity contribution in [1.82, 2.24) is 10.6 Å². The van der Waals surface area contributed by atoms with E-state index in [1.54, 1.807) is 46.6 Å². The Morgan fingerprint density at radius 1 is 1.00 bits per heavy atom. The number of para-hydroxylation sites is 1. The van der Waals surface area contributed by atoms with E-state index in [2.05, 4.69) is 15.6 Å². The number of nitrogens with one attached hydrogen (secondary N) is 2. The normalized spacial score (nSPS) is 11.7. The van der Waals surface area contributed by atoms with Crippen LogP contribution in [0.3, 0.4) is 0 Å². The number of guanidine groups is 1. The number of nitrogens with zero attached hydrogens (tertiary/aromatic N) is 1. The molecule has 0 saturated heterocycles. The van der Waals surface area contributed by atoms with Crippen LogP contribution < -0.4 is 29.6 Å². The van der Waals surface area contributed by atoms with Gasteiger partial charge in [-0.2, -0.15) is 0 Å². The molecule has 0 aromatic heterocycles. The summed E-state index contributed by atoms with van der Waals surface area (Å²) < 4.78 is 35.6. The summed E-state index contributed by atoms with van der Waals surface area (Å²) in [6.07, 6.45) is 0.403. The van der Waals surface area contributed by atoms with Gasteiger partial charge in [0.05, 0.1) is 27.9 Å². The lowest BCUT2D eigenvalue weighted by molar-refractivity contribution is 0.214. The quantitative estimate of drug-likeness (QED) is 0.269. The van der Waals surface area contributed by atoms with Gasteiger partial charge >= 0.3 is 0 Å². The van der Waals surface area contributed by atoms with Crippen molar-refractivity contribution in [2.75, 3.05) is 41.5 Å². The molecule has 2 rings (SSSR count). The molecule has 0 aliphatic rings. The standard InChI is InChI=1S/C22H30FN3O4.HI/c1-15(30-19-9-7-6-8-18(19)23)14-26-22(24-2)25-11-10-17-20(28-4)12-16(27-3)13-21(17)29-5;/h6-9,12-13,15H,10-11,14H2,1-5H3,(H2,24,25,26);1H. The van der Waals surface area contributed by atoms with Crippen LogP contribution in [0.4, 0.5) is 4.39 Å². The molecule has 7 nitrogen and oxygen atoms in total. The molecule has 0 aliphatic heterocycles. The highest BCUT2D eigenvalue weighted by atomic mass is 127. The van der Waals surface area contributed by atoms with E-state index in [-0.39, 0.29) is 41.6 Å². The number of ether oxygens (including phenoxy) is 4. The Hall–Kier alpha value is -2.43. The summed E-state index contributed by atoms with van der Waals surface area (Å²) in [5.74, 6) is 2.53. The maximum atomic E-state index is 13.7. The molecule has 0 amide bonds. The van der Waals surface area contributed by atoms with Crippen LogP contribution in [0.5, 0.6) is 23.0 Å². The fraction of sp³-hybridized carbons (Fsp3) is 0.409. The molecule has 1 unspecified atom stereocenters. The molecule has 31 heavy (non-hydrogen) atoms. The minimum atomic E-state index is -0.380. The van der Waals surface area contributed by atoms with Crippen LogP contribution in [-0.2, 0) is 6.42 Å². The molecule has 0 radical (unpaired) electrons. The zero-order valence-corrected chi connectivity index (χ0v) is 20.9. The van der Waals surface area contributed by atoms with Gasteiger partial charge in [0.1, 0.15) is 23.4 Å². The number of benzene rings is 2. The third kappa shape index (κ3) is 7.97. The van der Waals surface area contributed by atoms with Gasteiger partial charge in [0.25, 0.3) is 0 Å². The molecular weight excluding hydrogens is 516 g/mol. The summed E-state index contributed by atoms with van der Waals surface area (Å²) in [4.78, 5) is 4.21. The fourth-order valence-electron chi connectivity index (χ4n) is 2.89. The smallest absolute Gasteiger partial charge is 0.191 e. The maximum Gasteiger partial charge on any atom is 0.191 e. The Bertz CT molecular complexity index is 826. The summed E-state index contributed by atoms with van der Waals surface area (Å²) >= 11 is 0. The zero-order valence-electron chi connectivity index (χ0n) is 18.5. The summed E-state index contributed by atoms with van der Waals surface area (Å²) in [5.41, 5.74) is 0.931. The minimum absolute atomic E-state index is 0. The Labute approximate surface area is 200 Å². The van der Waals surface area contributed by atoms with Crippen molar-refractivity contribution >= 4 is 29.9 Å². The highest BCUT2D eigenvalue weighted by molar-refractivity contribution is 14.0. The first kappa shape index (κ1) is 26.6. The van der Waals surface area contributed by atoms with Crippen molar-refractivity contribution in [3.63, 3.8) is 0 Å². The molecule has 9 heteroatoms. The molecular formula is C22H31FIN3O4. The predicted molar refractivity (Wildman–Crippen MR) is 131 cm³/mol. The fourth-order valence-corrected chi connectivity index (χ4v) is 2.89. The van der Waals surface area contributed by atoms with Gasteiger partial charge in [-0.3, -0.25) is 4.99 Å². The summed E-state index contributed by atoms with van der Waals surface area (Å²) in [6, 6.07) is 10.00. The highest BCUT2D eigenvalue weighted by Crippen LogP contribution is 2.34. The summed E-state index contributed by atoms with van der Waals surface area (Å²) in [5, 5.41) is 6.43. The molecule has 1 atom stereocenters. The SMILES string of the molecule is CN=C(NCCc1c(OC)cc(OC)cc1OC)NCC(C)Oc1ccccc1F.I. The second-order valence-electron chi connectivity index (χ2n) is 6.50. The number of hydrogen-bond acceptors (Lipinski definition) is 5. The Morgan fingerprint density at radius 3 is 2.19 bits per heavy atom. The number of methoxy groups -OCH3 is 3. The number of halogens is 2. The van der Waals surface area contributed by atoms with Gasteiger partial charge in [0.2, 0.25) is 0 Å². The van der Waals surface area contributed by atoms with E-state index in [1.165, 1.54) is 6.07 Å². The molecule has 2 aromatic rings. The average molecular weight is 547 g/mol. The molecule has 0 spiro atoms. The highest BCUT2D eigenvalue weighted by Gasteiger charge is 2.14. The number of aliphatic imine (C=N–C) groups is 1. The van der Waals surface area contributed by atoms with E-state index in [1.807, 2.05) is 19.1 Å². The van der Waals surface area contributed by atoms with Crippen LogP contribution in [0.1, 0.15) is 12.5 Å². The van der Waals surface area contributed by atoms with Gasteiger partial charge < -0.3 is 29.6 Å². The van der Waals surface area contributed by atoms with Crippen LogP contribution in [0.2, 0.25) is 0 Å². The molecule has 0 heterocycles. The lowest BCUT2D eigenvalue weighted by atomic mass is 10.1. The van der Waals surface area contributed by atoms with E-state index in [0.717, 1.165) is 5.56 Å². The molecule has 0 saturated carbocycles. The topological polar surface area (TPSA) is 73.3 Å². The molecule has 0 bridgehead atoms. The van der Waals surface area contributed by atoms with Gasteiger partial charge in [-0.1, -0.05) is 12.1 Å². The van der Waals surface area contributed by atoms with Gasteiger partial charge in [-0.25, -0.2) is 4.39 Å². The van der Waals surface area contributed by atoms with Crippen molar-refractivity contribution in [3.8, 4) is 23.0 Å². The second kappa shape index (κ2) is 13.8. The third-order valence-corrected chi connectivity index (χ3v) is 4.43. The van der Waals surface area contributed by atoms with Crippen LogP contribution in [0.15, 0.2) is 41.4 Å². The second-order valence-corrected chi connectivity index (χ2v) is 6.50. The Balaban J connectivity index is 0.00000480. The first-order chi connectivity index (χ1) is 14.5. The van der Waals surface area contributed by atoms with E-state index in [9.17, 15) is 4.39 Å². The monoisotopic (exact) mass is 547 g/mol. The van der Waals surface area contributed by atoms with E-state index >= 15 is 0 Å². The Kier molecular flexibility index (Phi) is 11.8. The van der Waals surface area contributed by atoms with Crippen LogP contribution >= 0.6 is 24.0 Å². The molecule has 0 aliphatic carbocycles. The molecule has 2 N–H and O–H groups in total. The molecule has 172 valence electrons. The molecule has 2 aromatic carbocycles. The van der Waals surface area contributed by atoms with Gasteiger partial charge in [0.15, 0.2) is 17.5 Å². The van der Waals surface area contributed by atoms with Crippen LogP contribution in [-0.4, -0.2) is 53.5 Å². The minimum Gasteiger partial charge on any atom is -0.496 e. The van der Waals surface area contributed by atoms with E-state index in [0.29, 0.717) is 42.7 Å². The van der Waals surface area contributed by atoms with Crippen LogP contribution in [0, 0.1) is 5.82 Å². The van der Waals surface area contributed by atoms with Gasteiger partial charge in [-0.05, 0) is 25.5 Å². The first-order valence-electron chi connectivity index (χ1n) is 9.67. The van der Waals surface area contributed by atoms with Crippen molar-refractivity contribution in [2.24, 2.45) is 4.99 Å². The number of hydrogen-bond donors (Lipinski definition) is 2. The summed E-state index contributed by atoms with van der Waals surface area (Å²) in [6.45, 7) is 2.92. The summed E-state index contributed by atoms with van der Waals surface area (Å²) in [7, 11) is 6.51. The number of rotatable bonds is 10. The van der Waals surface area contributed by atoms with Gasteiger partial charge in [0, 0.05) is 31.3 Å². The third-order valence-electron chi connectivity index (χ3n) is 4.43.